The van der Waals surface area contributed by atoms with E-state index in [2.05, 4.69) is 62.6 Å². The minimum Gasteiger partial charge on any atom is -0.492 e. The molecule has 0 unspecified atom stereocenters. The Kier molecular flexibility index (Phi) is 4.12. The Morgan fingerprint density at radius 3 is 2.57 bits per heavy atom. The lowest BCUT2D eigenvalue weighted by atomic mass is 9.95. The lowest BCUT2D eigenvalue weighted by Gasteiger charge is -2.20. The first-order valence-corrected chi connectivity index (χ1v) is 8.10. The molecule has 0 atom stereocenters. The van der Waals surface area contributed by atoms with Crippen LogP contribution in [0.4, 0.5) is 0 Å². The molecule has 3 heteroatoms. The van der Waals surface area contributed by atoms with Gasteiger partial charge in [-0.2, -0.15) is 0 Å². The number of imidazole rings is 1. The van der Waals surface area contributed by atoms with E-state index in [0.29, 0.717) is 6.61 Å². The monoisotopic (exact) mass is 308 g/mol. The topological polar surface area (TPSA) is 27.1 Å². The van der Waals surface area contributed by atoms with Gasteiger partial charge in [0.15, 0.2) is 0 Å². The zero-order valence-electron chi connectivity index (χ0n) is 14.3. The van der Waals surface area contributed by atoms with Crippen LogP contribution in [0.25, 0.3) is 11.0 Å². The average molecular weight is 308 g/mol. The number of hydrogen-bond donors (Lipinski definition) is 0. The lowest BCUT2D eigenvalue weighted by Crippen LogP contribution is -2.21. The van der Waals surface area contributed by atoms with Gasteiger partial charge in [0.05, 0.1) is 17.6 Å². The van der Waals surface area contributed by atoms with E-state index in [1.807, 2.05) is 18.2 Å². The van der Waals surface area contributed by atoms with Crippen LogP contribution in [0.3, 0.4) is 0 Å². The van der Waals surface area contributed by atoms with Crippen LogP contribution in [-0.2, 0) is 12.0 Å². The van der Waals surface area contributed by atoms with Gasteiger partial charge in [0.1, 0.15) is 18.2 Å². The van der Waals surface area contributed by atoms with Crippen molar-refractivity contribution in [1.82, 2.24) is 9.55 Å². The Morgan fingerprint density at radius 2 is 1.83 bits per heavy atom. The summed E-state index contributed by atoms with van der Waals surface area (Å²) in [5.41, 5.74) is 3.44. The summed E-state index contributed by atoms with van der Waals surface area (Å²) in [6.45, 7) is 10.1. The molecule has 0 radical (unpaired) electrons. The van der Waals surface area contributed by atoms with E-state index in [0.717, 1.165) is 23.6 Å². The van der Waals surface area contributed by atoms with Crippen molar-refractivity contribution in [3.8, 4) is 5.75 Å². The molecule has 0 aliphatic heterocycles. The minimum absolute atomic E-state index is 0.00234. The Balaban J connectivity index is 1.84. The summed E-state index contributed by atoms with van der Waals surface area (Å²) in [4.78, 5) is 4.83. The van der Waals surface area contributed by atoms with Gasteiger partial charge < -0.3 is 9.30 Å². The molecule has 0 N–H and O–H groups in total. The summed E-state index contributed by atoms with van der Waals surface area (Å²) < 4.78 is 8.21. The molecule has 0 fully saturated rings. The summed E-state index contributed by atoms with van der Waals surface area (Å²) in [5, 5.41) is 0. The molecule has 0 amide bonds. The van der Waals surface area contributed by atoms with Gasteiger partial charge in [-0.15, -0.1) is 0 Å². The van der Waals surface area contributed by atoms with E-state index in [1.165, 1.54) is 11.1 Å². The third kappa shape index (κ3) is 3.39. The van der Waals surface area contributed by atoms with Crippen molar-refractivity contribution in [3.63, 3.8) is 0 Å². The van der Waals surface area contributed by atoms with Crippen LogP contribution >= 0.6 is 0 Å². The molecule has 1 heterocycles. The van der Waals surface area contributed by atoms with Crippen LogP contribution in [-0.4, -0.2) is 16.2 Å². The first kappa shape index (κ1) is 15.6. The summed E-state index contributed by atoms with van der Waals surface area (Å²) in [6.07, 6.45) is 0. The van der Waals surface area contributed by atoms with E-state index in [4.69, 9.17) is 9.72 Å². The van der Waals surface area contributed by atoms with Crippen molar-refractivity contribution in [2.24, 2.45) is 0 Å². The number of benzene rings is 2. The van der Waals surface area contributed by atoms with Crippen LogP contribution in [0, 0.1) is 6.92 Å². The van der Waals surface area contributed by atoms with E-state index in [9.17, 15) is 0 Å². The lowest BCUT2D eigenvalue weighted by molar-refractivity contribution is 0.294. The van der Waals surface area contributed by atoms with Crippen LogP contribution < -0.4 is 4.74 Å². The molecule has 3 aromatic rings. The smallest absolute Gasteiger partial charge is 0.119 e. The predicted molar refractivity (Wildman–Crippen MR) is 95.1 cm³/mol. The van der Waals surface area contributed by atoms with Gasteiger partial charge in [0, 0.05) is 5.41 Å². The zero-order valence-corrected chi connectivity index (χ0v) is 14.3. The first-order valence-electron chi connectivity index (χ1n) is 8.10. The minimum atomic E-state index is 0.00234. The van der Waals surface area contributed by atoms with Gasteiger partial charge in [-0.25, -0.2) is 4.98 Å². The van der Waals surface area contributed by atoms with Crippen molar-refractivity contribution >= 4 is 11.0 Å². The molecular weight excluding hydrogens is 284 g/mol. The summed E-state index contributed by atoms with van der Waals surface area (Å²) >= 11 is 0. The predicted octanol–water partition coefficient (Wildman–Crippen LogP) is 4.72. The second-order valence-corrected chi connectivity index (χ2v) is 6.99. The number of nitrogens with zero attached hydrogens (tertiary/aromatic N) is 2. The second kappa shape index (κ2) is 6.07. The summed E-state index contributed by atoms with van der Waals surface area (Å²) in [6, 6.07) is 16.5. The largest absolute Gasteiger partial charge is 0.492 e. The quantitative estimate of drug-likeness (QED) is 0.697. The first-order chi connectivity index (χ1) is 10.9. The zero-order chi connectivity index (χ0) is 16.4. The number of hydrogen-bond acceptors (Lipinski definition) is 2. The average Bonchev–Trinajstić information content (AvgIpc) is 2.87. The number of rotatable bonds is 4. The van der Waals surface area contributed by atoms with Gasteiger partial charge in [-0.1, -0.05) is 45.0 Å². The van der Waals surface area contributed by atoms with Gasteiger partial charge in [-0.3, -0.25) is 0 Å². The summed E-state index contributed by atoms with van der Waals surface area (Å²) in [5.74, 6) is 2.03. The van der Waals surface area contributed by atoms with Gasteiger partial charge in [-0.05, 0) is 36.8 Å². The standard InChI is InChI=1S/C20H24N2O/c1-15-8-7-9-16(14-15)23-13-12-22-18-11-6-5-10-17(18)21-19(22)20(2,3)4/h5-11,14H,12-13H2,1-4H3. The van der Waals surface area contributed by atoms with Crippen molar-refractivity contribution in [1.29, 1.82) is 0 Å². The molecule has 23 heavy (non-hydrogen) atoms. The molecule has 3 rings (SSSR count). The van der Waals surface area contributed by atoms with Crippen molar-refractivity contribution < 1.29 is 4.74 Å². The molecule has 0 saturated carbocycles. The van der Waals surface area contributed by atoms with Gasteiger partial charge in [0.25, 0.3) is 0 Å². The van der Waals surface area contributed by atoms with Crippen molar-refractivity contribution in [3.05, 3.63) is 59.9 Å². The number of ether oxygens (including phenoxy) is 1. The summed E-state index contributed by atoms with van der Waals surface area (Å²) in [7, 11) is 0. The highest BCUT2D eigenvalue weighted by molar-refractivity contribution is 5.76. The Hall–Kier alpha value is -2.29. The highest BCUT2D eigenvalue weighted by Gasteiger charge is 2.22. The molecule has 3 nitrogen and oxygen atoms in total. The second-order valence-electron chi connectivity index (χ2n) is 6.99. The number of aromatic nitrogens is 2. The maximum atomic E-state index is 5.93. The molecule has 0 spiro atoms. The fourth-order valence-electron chi connectivity index (χ4n) is 2.83. The van der Waals surface area contributed by atoms with Crippen molar-refractivity contribution in [2.45, 2.75) is 39.7 Å². The molecular formula is C20H24N2O. The number of aryl methyl sites for hydroxylation is 1. The molecule has 1 aromatic heterocycles. The Bertz CT molecular complexity index is 812. The van der Waals surface area contributed by atoms with E-state index < -0.39 is 0 Å². The van der Waals surface area contributed by atoms with E-state index in [-0.39, 0.29) is 5.41 Å². The molecule has 120 valence electrons. The molecule has 0 saturated heterocycles. The fraction of sp³-hybridized carbons (Fsp3) is 0.350. The third-order valence-corrected chi connectivity index (χ3v) is 3.90. The molecule has 0 aliphatic rings. The van der Waals surface area contributed by atoms with Crippen molar-refractivity contribution in [2.75, 3.05) is 6.61 Å². The normalized spacial score (nSPS) is 11.8. The Labute approximate surface area is 137 Å². The number of para-hydroxylation sites is 2. The SMILES string of the molecule is Cc1cccc(OCCn2c(C(C)(C)C)nc3ccccc32)c1. The number of fused-ring (bicyclic) bond motifs is 1. The van der Waals surface area contributed by atoms with Crippen LogP contribution in [0.5, 0.6) is 5.75 Å². The fourth-order valence-corrected chi connectivity index (χ4v) is 2.83. The van der Waals surface area contributed by atoms with Crippen LogP contribution in [0.1, 0.15) is 32.2 Å². The maximum Gasteiger partial charge on any atom is 0.119 e. The van der Waals surface area contributed by atoms with E-state index in [1.54, 1.807) is 0 Å². The Morgan fingerprint density at radius 1 is 1.04 bits per heavy atom. The molecule has 0 bridgehead atoms. The third-order valence-electron chi connectivity index (χ3n) is 3.90. The van der Waals surface area contributed by atoms with Gasteiger partial charge >= 0.3 is 0 Å². The molecule has 0 aliphatic carbocycles. The highest BCUT2D eigenvalue weighted by Crippen LogP contribution is 2.26. The van der Waals surface area contributed by atoms with Crippen LogP contribution in [0.2, 0.25) is 0 Å². The van der Waals surface area contributed by atoms with Crippen LogP contribution in [0.15, 0.2) is 48.5 Å². The molecule has 2 aromatic carbocycles. The maximum absolute atomic E-state index is 5.93. The van der Waals surface area contributed by atoms with Gasteiger partial charge in [0.2, 0.25) is 0 Å². The highest BCUT2D eigenvalue weighted by atomic mass is 16.5. The van der Waals surface area contributed by atoms with E-state index >= 15 is 0 Å².